The van der Waals surface area contributed by atoms with Gasteiger partial charge in [0.05, 0.1) is 18.0 Å². The predicted molar refractivity (Wildman–Crippen MR) is 146 cm³/mol. The number of hydrogen-bond acceptors (Lipinski definition) is 3. The van der Waals surface area contributed by atoms with Gasteiger partial charge in [-0.15, -0.1) is 0 Å². The average Bonchev–Trinajstić information content (AvgIpc) is 2.97. The third-order valence-electron chi connectivity index (χ3n) is 8.57. The largest absolute Gasteiger partial charge is 0.378 e. The second-order valence-electron chi connectivity index (χ2n) is 10.7. The van der Waals surface area contributed by atoms with Gasteiger partial charge in [0, 0.05) is 29.8 Å². The number of hydrogen-bond donors (Lipinski definition) is 2. The minimum atomic E-state index is -0.183. The van der Waals surface area contributed by atoms with E-state index in [0.717, 1.165) is 50.8 Å². The van der Waals surface area contributed by atoms with Gasteiger partial charge in [0.1, 0.15) is 0 Å². The normalized spacial score (nSPS) is 26.8. The molecule has 6 rings (SSSR count). The quantitative estimate of drug-likeness (QED) is 0.460. The minimum absolute atomic E-state index is 0.0382. The van der Waals surface area contributed by atoms with Crippen LogP contribution in [0.4, 0.5) is 5.69 Å². The summed E-state index contributed by atoms with van der Waals surface area (Å²) >= 11 is 0. The van der Waals surface area contributed by atoms with Crippen LogP contribution in [0.1, 0.15) is 72.1 Å². The van der Waals surface area contributed by atoms with E-state index in [0.29, 0.717) is 11.5 Å². The van der Waals surface area contributed by atoms with Crippen molar-refractivity contribution in [3.05, 3.63) is 102 Å². The lowest BCUT2D eigenvalue weighted by atomic mass is 9.73. The molecule has 3 aliphatic rings. The summed E-state index contributed by atoms with van der Waals surface area (Å²) in [5.74, 6) is 0.239. The molecule has 2 fully saturated rings. The Morgan fingerprint density at radius 2 is 1.49 bits per heavy atom. The lowest BCUT2D eigenvalue weighted by Gasteiger charge is -2.50. The number of carbonyl (C=O) groups excluding carboxylic acids is 2. The fraction of sp³-hybridized carbons (Fsp3) is 0.375. The Morgan fingerprint density at radius 3 is 2.30 bits per heavy atom. The highest BCUT2D eigenvalue weighted by Gasteiger charge is 2.46. The van der Waals surface area contributed by atoms with Gasteiger partial charge in [-0.2, -0.15) is 0 Å². The molecule has 2 N–H and O–H groups in total. The van der Waals surface area contributed by atoms with Gasteiger partial charge in [0.25, 0.3) is 5.91 Å². The fourth-order valence-electron chi connectivity index (χ4n) is 6.83. The molecule has 0 spiro atoms. The molecule has 190 valence electrons. The van der Waals surface area contributed by atoms with E-state index in [2.05, 4.69) is 70.1 Å². The van der Waals surface area contributed by atoms with Gasteiger partial charge in [0.2, 0.25) is 5.91 Å². The van der Waals surface area contributed by atoms with Gasteiger partial charge < -0.3 is 15.5 Å². The van der Waals surface area contributed by atoms with E-state index in [9.17, 15) is 9.59 Å². The summed E-state index contributed by atoms with van der Waals surface area (Å²) in [5, 5.41) is 7.04. The summed E-state index contributed by atoms with van der Waals surface area (Å²) in [6, 6.07) is 28.5. The molecule has 0 bridgehead atoms. The van der Waals surface area contributed by atoms with E-state index in [1.165, 1.54) is 11.1 Å². The number of fused-ring (bicyclic) bond motifs is 3. The molecule has 2 aliphatic heterocycles. The molecule has 0 aromatic heterocycles. The Bertz CT molecular complexity index is 1250. The maximum absolute atomic E-state index is 14.3. The number of carbonyl (C=O) groups is 2. The van der Waals surface area contributed by atoms with Crippen LogP contribution in [0.5, 0.6) is 0 Å². The van der Waals surface area contributed by atoms with Crippen molar-refractivity contribution in [2.24, 2.45) is 11.8 Å². The van der Waals surface area contributed by atoms with Crippen LogP contribution in [0, 0.1) is 11.8 Å². The van der Waals surface area contributed by atoms with E-state index >= 15 is 0 Å². The zero-order valence-electron chi connectivity index (χ0n) is 21.2. The van der Waals surface area contributed by atoms with Crippen molar-refractivity contribution in [1.29, 1.82) is 0 Å². The van der Waals surface area contributed by atoms with Crippen LogP contribution >= 0.6 is 0 Å². The average molecular weight is 494 g/mol. The van der Waals surface area contributed by atoms with Gasteiger partial charge in [-0.05, 0) is 55.0 Å². The zero-order chi connectivity index (χ0) is 25.2. The lowest BCUT2D eigenvalue weighted by Crippen LogP contribution is -2.54. The SMILES string of the molecule is O=C(N[C@@H]1CCCC[C@@H]1C(=O)N1CCC[C@H]2[C@@H](c3ccccc3)Nc3ccccc3[C@H]21)c1ccccc1. The highest BCUT2D eigenvalue weighted by Crippen LogP contribution is 2.50. The van der Waals surface area contributed by atoms with Gasteiger partial charge in [0.15, 0.2) is 0 Å². The van der Waals surface area contributed by atoms with Crippen LogP contribution in [-0.2, 0) is 4.79 Å². The third-order valence-corrected chi connectivity index (χ3v) is 8.57. The van der Waals surface area contributed by atoms with Crippen molar-refractivity contribution in [1.82, 2.24) is 10.2 Å². The number of anilines is 1. The second kappa shape index (κ2) is 10.4. The van der Waals surface area contributed by atoms with Crippen LogP contribution in [-0.4, -0.2) is 29.3 Å². The smallest absolute Gasteiger partial charge is 0.251 e. The first kappa shape index (κ1) is 23.8. The maximum atomic E-state index is 14.3. The molecule has 5 atom stereocenters. The van der Waals surface area contributed by atoms with E-state index in [4.69, 9.17) is 0 Å². The van der Waals surface area contributed by atoms with Gasteiger partial charge in [-0.25, -0.2) is 0 Å². The first-order chi connectivity index (χ1) is 18.2. The van der Waals surface area contributed by atoms with E-state index < -0.39 is 0 Å². The van der Waals surface area contributed by atoms with E-state index in [1.54, 1.807) is 0 Å². The third kappa shape index (κ3) is 4.63. The fourth-order valence-corrected chi connectivity index (χ4v) is 6.83. The van der Waals surface area contributed by atoms with Crippen molar-refractivity contribution in [2.75, 3.05) is 11.9 Å². The Labute approximate surface area is 219 Å². The molecule has 2 amide bonds. The maximum Gasteiger partial charge on any atom is 0.251 e. The molecule has 0 unspecified atom stereocenters. The summed E-state index contributed by atoms with van der Waals surface area (Å²) in [5.41, 5.74) is 4.26. The van der Waals surface area contributed by atoms with Crippen molar-refractivity contribution in [3.8, 4) is 0 Å². The minimum Gasteiger partial charge on any atom is -0.378 e. The highest BCUT2D eigenvalue weighted by molar-refractivity contribution is 5.94. The molecule has 3 aromatic carbocycles. The standard InChI is InChI=1S/C32H35N3O2/c36-31(23-14-5-2-6-15-23)34-28-20-10-8-17-25(28)32(37)35-21-11-18-26-29(22-12-3-1-4-13-22)33-27-19-9-7-16-24(27)30(26)35/h1-7,9,12-16,19,25-26,28-30,33H,8,10-11,17-18,20-21H2,(H,34,36)/t25-,26-,28+,29+,30+/m0/s1. The summed E-state index contributed by atoms with van der Waals surface area (Å²) in [6.45, 7) is 0.770. The number of nitrogens with zero attached hydrogens (tertiary/aromatic N) is 1. The molecule has 1 aliphatic carbocycles. The first-order valence-electron chi connectivity index (χ1n) is 13.8. The number of rotatable bonds is 4. The monoisotopic (exact) mass is 493 g/mol. The molecule has 0 radical (unpaired) electrons. The van der Waals surface area contributed by atoms with Crippen molar-refractivity contribution in [2.45, 2.75) is 56.7 Å². The summed E-state index contributed by atoms with van der Waals surface area (Å²) in [6.07, 6.45) is 5.82. The topological polar surface area (TPSA) is 61.4 Å². The molecule has 37 heavy (non-hydrogen) atoms. The molecular weight excluding hydrogens is 458 g/mol. The molecule has 5 heteroatoms. The van der Waals surface area contributed by atoms with Crippen LogP contribution in [0.3, 0.4) is 0 Å². The van der Waals surface area contributed by atoms with Crippen LogP contribution in [0.25, 0.3) is 0 Å². The summed E-state index contributed by atoms with van der Waals surface area (Å²) in [4.78, 5) is 29.5. The summed E-state index contributed by atoms with van der Waals surface area (Å²) < 4.78 is 0. The van der Waals surface area contributed by atoms with Crippen LogP contribution < -0.4 is 10.6 Å². The summed E-state index contributed by atoms with van der Waals surface area (Å²) in [7, 11) is 0. The molecule has 1 saturated carbocycles. The lowest BCUT2D eigenvalue weighted by molar-refractivity contribution is -0.143. The highest BCUT2D eigenvalue weighted by atomic mass is 16.2. The Kier molecular flexibility index (Phi) is 6.69. The molecular formula is C32H35N3O2. The number of piperidine rings is 1. The van der Waals surface area contributed by atoms with Crippen LogP contribution in [0.15, 0.2) is 84.9 Å². The van der Waals surface area contributed by atoms with Crippen molar-refractivity contribution < 1.29 is 9.59 Å². The Hall–Kier alpha value is -3.60. The Balaban J connectivity index is 1.30. The number of benzene rings is 3. The number of para-hydroxylation sites is 1. The zero-order valence-corrected chi connectivity index (χ0v) is 21.2. The number of amides is 2. The molecule has 5 nitrogen and oxygen atoms in total. The van der Waals surface area contributed by atoms with Gasteiger partial charge in [-0.3, -0.25) is 9.59 Å². The van der Waals surface area contributed by atoms with Gasteiger partial charge in [-0.1, -0.05) is 79.6 Å². The second-order valence-corrected chi connectivity index (χ2v) is 10.7. The number of nitrogens with one attached hydrogen (secondary N) is 2. The predicted octanol–water partition coefficient (Wildman–Crippen LogP) is 6.12. The van der Waals surface area contributed by atoms with Crippen molar-refractivity contribution in [3.63, 3.8) is 0 Å². The number of likely N-dealkylation sites (tertiary alicyclic amines) is 1. The molecule has 3 aromatic rings. The van der Waals surface area contributed by atoms with Crippen LogP contribution in [0.2, 0.25) is 0 Å². The van der Waals surface area contributed by atoms with E-state index in [-0.39, 0.29) is 35.9 Å². The first-order valence-corrected chi connectivity index (χ1v) is 13.8. The molecule has 2 heterocycles. The van der Waals surface area contributed by atoms with E-state index in [1.807, 2.05) is 30.3 Å². The Morgan fingerprint density at radius 1 is 0.784 bits per heavy atom. The molecule has 1 saturated heterocycles. The van der Waals surface area contributed by atoms with Crippen molar-refractivity contribution >= 4 is 17.5 Å². The van der Waals surface area contributed by atoms with Gasteiger partial charge >= 0.3 is 0 Å².